The zero-order chi connectivity index (χ0) is 15.5. The standard InChI is InChI=1S/C14H30O4S2/c1-7-13(15-9-3,16-10-4)19-20-14(8-2,17-11-5)18-12-6/h7-12H2,1-6H3. The van der Waals surface area contributed by atoms with Crippen LogP contribution in [0.2, 0.25) is 0 Å². The largest absolute Gasteiger partial charge is 0.341 e. The fourth-order valence-electron chi connectivity index (χ4n) is 1.71. The first-order valence-corrected chi connectivity index (χ1v) is 9.65. The molecule has 0 rings (SSSR count). The highest BCUT2D eigenvalue weighted by Gasteiger charge is 2.38. The van der Waals surface area contributed by atoms with Gasteiger partial charge in [-0.05, 0) is 49.3 Å². The van der Waals surface area contributed by atoms with Crippen molar-refractivity contribution >= 4 is 21.6 Å². The van der Waals surface area contributed by atoms with Crippen LogP contribution in [0.1, 0.15) is 54.4 Å². The molecule has 0 aromatic rings. The smallest absolute Gasteiger partial charge is 0.228 e. The van der Waals surface area contributed by atoms with Crippen molar-refractivity contribution in [1.82, 2.24) is 0 Å². The fourth-order valence-corrected chi connectivity index (χ4v) is 4.91. The molecule has 0 aromatic heterocycles. The number of rotatable bonds is 13. The Kier molecular flexibility index (Phi) is 11.5. The van der Waals surface area contributed by atoms with E-state index >= 15 is 0 Å². The topological polar surface area (TPSA) is 36.9 Å². The minimum absolute atomic E-state index is 0.615. The van der Waals surface area contributed by atoms with E-state index in [2.05, 4.69) is 13.8 Å². The molecule has 0 N–H and O–H groups in total. The van der Waals surface area contributed by atoms with Crippen LogP contribution in [0.5, 0.6) is 0 Å². The summed E-state index contributed by atoms with van der Waals surface area (Å²) in [4.78, 5) is 0. The molecule has 0 unspecified atom stereocenters. The van der Waals surface area contributed by atoms with Crippen LogP contribution in [0.3, 0.4) is 0 Å². The van der Waals surface area contributed by atoms with Crippen LogP contribution < -0.4 is 0 Å². The maximum atomic E-state index is 5.82. The van der Waals surface area contributed by atoms with Gasteiger partial charge in [0.15, 0.2) is 0 Å². The van der Waals surface area contributed by atoms with Crippen LogP contribution >= 0.6 is 21.6 Å². The van der Waals surface area contributed by atoms with Crippen LogP contribution in [0.15, 0.2) is 0 Å². The third-order valence-corrected chi connectivity index (χ3v) is 6.03. The fraction of sp³-hybridized carbons (Fsp3) is 1.00. The summed E-state index contributed by atoms with van der Waals surface area (Å²) in [7, 11) is 3.10. The van der Waals surface area contributed by atoms with Gasteiger partial charge in [-0.2, -0.15) is 0 Å². The van der Waals surface area contributed by atoms with Gasteiger partial charge in [0.1, 0.15) is 0 Å². The summed E-state index contributed by atoms with van der Waals surface area (Å²) in [5, 5.41) is -1.27. The lowest BCUT2D eigenvalue weighted by molar-refractivity contribution is -0.169. The molecule has 0 fully saturated rings. The summed E-state index contributed by atoms with van der Waals surface area (Å²) in [6, 6.07) is 0. The highest BCUT2D eigenvalue weighted by Crippen LogP contribution is 2.49. The Bertz CT molecular complexity index is 203. The molecular weight excluding hydrogens is 296 g/mol. The van der Waals surface area contributed by atoms with Gasteiger partial charge in [0.25, 0.3) is 0 Å². The molecule has 0 amide bonds. The van der Waals surface area contributed by atoms with Crippen LogP contribution in [0.4, 0.5) is 0 Å². The van der Waals surface area contributed by atoms with Crippen LogP contribution in [-0.4, -0.2) is 36.7 Å². The van der Waals surface area contributed by atoms with Crippen molar-refractivity contribution in [3.63, 3.8) is 0 Å². The minimum atomic E-state index is -0.636. The summed E-state index contributed by atoms with van der Waals surface area (Å²) < 4.78 is 23.3. The number of ether oxygens (including phenoxy) is 4. The maximum Gasteiger partial charge on any atom is 0.228 e. The lowest BCUT2D eigenvalue weighted by Crippen LogP contribution is -2.35. The molecular formula is C14H30O4S2. The molecule has 0 radical (unpaired) electrons. The molecule has 6 heteroatoms. The Morgan fingerprint density at radius 3 is 0.950 bits per heavy atom. The summed E-state index contributed by atoms with van der Waals surface area (Å²) in [5.74, 6) is 0. The van der Waals surface area contributed by atoms with Gasteiger partial charge in [0, 0.05) is 39.3 Å². The highest BCUT2D eigenvalue weighted by atomic mass is 33.1. The summed E-state index contributed by atoms with van der Waals surface area (Å²) in [6.45, 7) is 14.5. The van der Waals surface area contributed by atoms with E-state index < -0.39 is 10.2 Å². The lowest BCUT2D eigenvalue weighted by Gasteiger charge is -2.36. The SMILES string of the molecule is CCOC(CC)(OCC)SSC(CC)(OCC)OCC. The van der Waals surface area contributed by atoms with E-state index in [-0.39, 0.29) is 0 Å². The van der Waals surface area contributed by atoms with Crippen molar-refractivity contribution in [2.24, 2.45) is 0 Å². The van der Waals surface area contributed by atoms with Crippen molar-refractivity contribution in [3.05, 3.63) is 0 Å². The van der Waals surface area contributed by atoms with Gasteiger partial charge >= 0.3 is 0 Å². The zero-order valence-electron chi connectivity index (χ0n) is 13.7. The van der Waals surface area contributed by atoms with Gasteiger partial charge in [-0.3, -0.25) is 0 Å². The Hall–Kier alpha value is 0.540. The molecule has 0 spiro atoms. The Morgan fingerprint density at radius 2 is 0.800 bits per heavy atom. The quantitative estimate of drug-likeness (QED) is 0.362. The molecule has 0 saturated heterocycles. The van der Waals surface area contributed by atoms with Crippen molar-refractivity contribution in [1.29, 1.82) is 0 Å². The minimum Gasteiger partial charge on any atom is -0.341 e. The van der Waals surface area contributed by atoms with Crippen LogP contribution in [0.25, 0.3) is 0 Å². The Morgan fingerprint density at radius 1 is 0.550 bits per heavy atom. The summed E-state index contributed by atoms with van der Waals surface area (Å²) in [6.07, 6.45) is 1.54. The Balaban J connectivity index is 4.83. The third-order valence-electron chi connectivity index (χ3n) is 2.62. The highest BCUT2D eigenvalue weighted by molar-refractivity contribution is 8.77. The normalized spacial score (nSPS) is 12.9. The second-order valence-electron chi connectivity index (χ2n) is 3.97. The van der Waals surface area contributed by atoms with Crippen LogP contribution in [-0.2, 0) is 18.9 Å². The molecule has 0 atom stereocenters. The molecule has 0 aliphatic carbocycles. The molecule has 0 heterocycles. The second kappa shape index (κ2) is 11.2. The zero-order valence-corrected chi connectivity index (χ0v) is 15.3. The molecule has 4 nitrogen and oxygen atoms in total. The average Bonchev–Trinajstić information content (AvgIpc) is 2.45. The maximum absolute atomic E-state index is 5.82. The van der Waals surface area contributed by atoms with Gasteiger partial charge in [0.05, 0.1) is 0 Å². The van der Waals surface area contributed by atoms with Crippen molar-refractivity contribution in [2.45, 2.75) is 64.6 Å². The Labute approximate surface area is 132 Å². The molecule has 0 saturated carbocycles. The molecule has 0 aliphatic heterocycles. The van der Waals surface area contributed by atoms with Gasteiger partial charge in [0.2, 0.25) is 10.2 Å². The van der Waals surface area contributed by atoms with Crippen molar-refractivity contribution < 1.29 is 18.9 Å². The second-order valence-corrected chi connectivity index (χ2v) is 6.55. The molecule has 20 heavy (non-hydrogen) atoms. The van der Waals surface area contributed by atoms with Crippen LogP contribution in [0, 0.1) is 0 Å². The molecule has 0 aromatic carbocycles. The van der Waals surface area contributed by atoms with Gasteiger partial charge in [-0.15, -0.1) is 0 Å². The van der Waals surface area contributed by atoms with E-state index in [1.165, 1.54) is 0 Å². The first-order valence-electron chi connectivity index (χ1n) is 7.50. The predicted octanol–water partition coefficient (Wildman–Crippen LogP) is 4.64. The summed E-state index contributed by atoms with van der Waals surface area (Å²) >= 11 is 0. The first-order chi connectivity index (χ1) is 9.57. The van der Waals surface area contributed by atoms with Gasteiger partial charge in [-0.25, -0.2) is 0 Å². The predicted molar refractivity (Wildman–Crippen MR) is 87.7 cm³/mol. The van der Waals surface area contributed by atoms with E-state index in [1.54, 1.807) is 21.6 Å². The van der Waals surface area contributed by atoms with E-state index in [4.69, 9.17) is 18.9 Å². The third kappa shape index (κ3) is 6.54. The molecule has 0 bridgehead atoms. The number of hydrogen-bond donors (Lipinski definition) is 0. The van der Waals surface area contributed by atoms with E-state index in [9.17, 15) is 0 Å². The summed E-state index contributed by atoms with van der Waals surface area (Å²) in [5.41, 5.74) is 0. The van der Waals surface area contributed by atoms with E-state index in [0.29, 0.717) is 26.4 Å². The van der Waals surface area contributed by atoms with Crippen molar-refractivity contribution in [2.75, 3.05) is 26.4 Å². The van der Waals surface area contributed by atoms with Gasteiger partial charge < -0.3 is 18.9 Å². The average molecular weight is 327 g/mol. The molecule has 0 aliphatic rings. The van der Waals surface area contributed by atoms with Crippen molar-refractivity contribution in [3.8, 4) is 0 Å². The number of hydrogen-bond acceptors (Lipinski definition) is 6. The van der Waals surface area contributed by atoms with E-state index in [0.717, 1.165) is 12.8 Å². The lowest BCUT2D eigenvalue weighted by atomic mass is 10.4. The van der Waals surface area contributed by atoms with E-state index in [1.807, 2.05) is 27.7 Å². The monoisotopic (exact) mass is 326 g/mol. The first kappa shape index (κ1) is 20.5. The molecule has 122 valence electrons. The van der Waals surface area contributed by atoms with Gasteiger partial charge in [-0.1, -0.05) is 13.8 Å².